The van der Waals surface area contributed by atoms with Gasteiger partial charge < -0.3 is 14.2 Å². The average molecular weight is 447 g/mol. The lowest BCUT2D eigenvalue weighted by molar-refractivity contribution is -0.384. The molecule has 0 radical (unpaired) electrons. The van der Waals surface area contributed by atoms with E-state index < -0.39 is 10.9 Å². The van der Waals surface area contributed by atoms with E-state index in [9.17, 15) is 19.7 Å². The highest BCUT2D eigenvalue weighted by molar-refractivity contribution is 6.09. The number of nitro benzene ring substituents is 1. The van der Waals surface area contributed by atoms with E-state index in [1.807, 2.05) is 6.92 Å². The highest BCUT2D eigenvalue weighted by atomic mass is 16.6. The zero-order valence-electron chi connectivity index (χ0n) is 18.2. The van der Waals surface area contributed by atoms with Crippen LogP contribution in [0.15, 0.2) is 66.7 Å². The molecule has 3 aromatic rings. The highest BCUT2D eigenvalue weighted by Crippen LogP contribution is 2.28. The first-order valence-electron chi connectivity index (χ1n) is 9.84. The number of carbonyl (C=O) groups is 2. The molecule has 3 aromatic carbocycles. The number of benzene rings is 3. The third-order valence-corrected chi connectivity index (χ3v) is 4.75. The van der Waals surface area contributed by atoms with Crippen LogP contribution < -0.4 is 14.2 Å². The molecule has 0 saturated carbocycles. The summed E-state index contributed by atoms with van der Waals surface area (Å²) in [5.41, 5.74) is 1.73. The number of hydrogen-bond acceptors (Lipinski definition) is 7. The Morgan fingerprint density at radius 3 is 2.18 bits per heavy atom. The predicted molar refractivity (Wildman–Crippen MR) is 122 cm³/mol. The molecule has 0 aliphatic rings. The largest absolute Gasteiger partial charge is 0.493 e. The first-order chi connectivity index (χ1) is 15.8. The molecule has 0 heterocycles. The van der Waals surface area contributed by atoms with E-state index in [4.69, 9.17) is 14.2 Å². The maximum Gasteiger partial charge on any atom is 0.343 e. The van der Waals surface area contributed by atoms with Gasteiger partial charge in [-0.1, -0.05) is 23.8 Å². The van der Waals surface area contributed by atoms with Crippen molar-refractivity contribution in [3.05, 3.63) is 99.1 Å². The van der Waals surface area contributed by atoms with Crippen molar-refractivity contribution in [3.8, 4) is 17.2 Å². The number of rotatable bonds is 8. The molecule has 0 aliphatic heterocycles. The molecule has 0 bridgehead atoms. The third-order valence-electron chi connectivity index (χ3n) is 4.75. The van der Waals surface area contributed by atoms with Crippen LogP contribution in [-0.4, -0.2) is 30.9 Å². The van der Waals surface area contributed by atoms with Gasteiger partial charge in [0.1, 0.15) is 5.75 Å². The molecular formula is C25H21NO7. The number of hydrogen-bond donors (Lipinski definition) is 0. The van der Waals surface area contributed by atoms with Gasteiger partial charge in [0.05, 0.1) is 30.3 Å². The molecule has 33 heavy (non-hydrogen) atoms. The van der Waals surface area contributed by atoms with Gasteiger partial charge in [-0.3, -0.25) is 14.9 Å². The number of esters is 1. The Hall–Kier alpha value is -4.46. The number of non-ortho nitro benzene ring substituents is 1. The van der Waals surface area contributed by atoms with Crippen molar-refractivity contribution >= 4 is 23.5 Å². The van der Waals surface area contributed by atoms with Gasteiger partial charge in [-0.2, -0.15) is 0 Å². The summed E-state index contributed by atoms with van der Waals surface area (Å²) >= 11 is 0. The van der Waals surface area contributed by atoms with Crippen LogP contribution in [0.1, 0.15) is 31.8 Å². The molecule has 3 rings (SSSR count). The minimum atomic E-state index is -0.730. The minimum absolute atomic E-state index is 0.0888. The summed E-state index contributed by atoms with van der Waals surface area (Å²) in [6.07, 6.45) is 2.99. The van der Waals surface area contributed by atoms with Gasteiger partial charge in [0.2, 0.25) is 0 Å². The maximum atomic E-state index is 12.9. The topological polar surface area (TPSA) is 105 Å². The van der Waals surface area contributed by atoms with E-state index in [-0.39, 0.29) is 28.3 Å². The number of aryl methyl sites for hydroxylation is 1. The van der Waals surface area contributed by atoms with Gasteiger partial charge in [-0.05, 0) is 55.0 Å². The molecule has 0 fully saturated rings. The van der Waals surface area contributed by atoms with Gasteiger partial charge in [0.25, 0.3) is 5.69 Å². The monoisotopic (exact) mass is 447 g/mol. The van der Waals surface area contributed by atoms with Crippen molar-refractivity contribution in [1.82, 2.24) is 0 Å². The second-order valence-electron chi connectivity index (χ2n) is 7.01. The molecule has 0 amide bonds. The molecule has 168 valence electrons. The van der Waals surface area contributed by atoms with Gasteiger partial charge in [0, 0.05) is 12.1 Å². The van der Waals surface area contributed by atoms with Crippen molar-refractivity contribution in [2.75, 3.05) is 14.2 Å². The number of ketones is 1. The van der Waals surface area contributed by atoms with E-state index in [1.165, 1.54) is 50.6 Å². The van der Waals surface area contributed by atoms with E-state index in [0.717, 1.165) is 11.1 Å². The van der Waals surface area contributed by atoms with Crippen LogP contribution in [0.5, 0.6) is 17.2 Å². The fourth-order valence-electron chi connectivity index (χ4n) is 3.02. The summed E-state index contributed by atoms with van der Waals surface area (Å²) in [6.45, 7) is 1.82. The normalized spacial score (nSPS) is 10.6. The molecule has 8 nitrogen and oxygen atoms in total. The third kappa shape index (κ3) is 5.62. The Morgan fingerprint density at radius 1 is 0.879 bits per heavy atom. The Morgan fingerprint density at radius 2 is 1.55 bits per heavy atom. The lowest BCUT2D eigenvalue weighted by Gasteiger charge is -2.10. The van der Waals surface area contributed by atoms with Gasteiger partial charge in [-0.25, -0.2) is 4.79 Å². The molecule has 0 N–H and O–H groups in total. The standard InChI is InChI=1S/C25H21NO7/c1-16-4-12-22(33-25(28)18-7-9-19(10-8-18)26(29)30)20(14-16)21(27)11-5-17-6-13-23(31-2)24(15-17)32-3/h4-15H,1-3H3/b11-5+. The van der Waals surface area contributed by atoms with Crippen LogP contribution in [0.4, 0.5) is 5.69 Å². The second-order valence-corrected chi connectivity index (χ2v) is 7.01. The first-order valence-corrected chi connectivity index (χ1v) is 9.84. The Balaban J connectivity index is 1.83. The highest BCUT2D eigenvalue weighted by Gasteiger charge is 2.17. The predicted octanol–water partition coefficient (Wildman–Crippen LogP) is 5.04. The zero-order chi connectivity index (χ0) is 24.0. The number of nitro groups is 1. The minimum Gasteiger partial charge on any atom is -0.493 e. The van der Waals surface area contributed by atoms with Gasteiger partial charge in [-0.15, -0.1) is 0 Å². The number of nitrogens with zero attached hydrogens (tertiary/aromatic N) is 1. The Labute approximate surface area is 190 Å². The number of ether oxygens (including phenoxy) is 3. The van der Waals surface area contributed by atoms with Crippen LogP contribution in [0.25, 0.3) is 6.08 Å². The first kappa shape index (κ1) is 23.2. The van der Waals surface area contributed by atoms with E-state index in [0.29, 0.717) is 11.5 Å². The summed E-state index contributed by atoms with van der Waals surface area (Å²) in [7, 11) is 3.06. The Bertz CT molecular complexity index is 1230. The summed E-state index contributed by atoms with van der Waals surface area (Å²) in [5.74, 6) is 0.0954. The second kappa shape index (κ2) is 10.2. The van der Waals surface area contributed by atoms with Gasteiger partial charge in [0.15, 0.2) is 17.3 Å². The fraction of sp³-hybridized carbons (Fsp3) is 0.120. The summed E-state index contributed by atoms with van der Waals surface area (Å²) in [4.78, 5) is 35.6. The van der Waals surface area contributed by atoms with Crippen LogP contribution in [0.3, 0.4) is 0 Å². The van der Waals surface area contributed by atoms with Crippen molar-refractivity contribution < 1.29 is 28.7 Å². The smallest absolute Gasteiger partial charge is 0.343 e. The summed E-state index contributed by atoms with van der Waals surface area (Å²) in [5, 5.41) is 10.8. The summed E-state index contributed by atoms with van der Waals surface area (Å²) < 4.78 is 15.9. The van der Waals surface area contributed by atoms with Crippen LogP contribution in [-0.2, 0) is 0 Å². The van der Waals surface area contributed by atoms with Crippen LogP contribution in [0.2, 0.25) is 0 Å². The fourth-order valence-corrected chi connectivity index (χ4v) is 3.02. The number of methoxy groups -OCH3 is 2. The lowest BCUT2D eigenvalue weighted by Crippen LogP contribution is -2.11. The van der Waals surface area contributed by atoms with E-state index in [2.05, 4.69) is 0 Å². The molecule has 0 spiro atoms. The van der Waals surface area contributed by atoms with Gasteiger partial charge >= 0.3 is 5.97 Å². The molecule has 0 atom stereocenters. The Kier molecular flexibility index (Phi) is 7.20. The van der Waals surface area contributed by atoms with Crippen molar-refractivity contribution in [1.29, 1.82) is 0 Å². The van der Waals surface area contributed by atoms with E-state index >= 15 is 0 Å². The quantitative estimate of drug-likeness (QED) is 0.119. The van der Waals surface area contributed by atoms with Crippen molar-refractivity contribution in [3.63, 3.8) is 0 Å². The lowest BCUT2D eigenvalue weighted by atomic mass is 10.0. The molecular weight excluding hydrogens is 426 g/mol. The van der Waals surface area contributed by atoms with Crippen molar-refractivity contribution in [2.24, 2.45) is 0 Å². The number of carbonyl (C=O) groups excluding carboxylic acids is 2. The molecule has 0 unspecified atom stereocenters. The van der Waals surface area contributed by atoms with Crippen LogP contribution in [0, 0.1) is 17.0 Å². The summed E-state index contributed by atoms with van der Waals surface area (Å²) in [6, 6.07) is 15.1. The maximum absolute atomic E-state index is 12.9. The molecule has 0 saturated heterocycles. The SMILES string of the molecule is COc1ccc(/C=C/C(=O)c2cc(C)ccc2OC(=O)c2ccc([N+](=O)[O-])cc2)cc1OC. The van der Waals surface area contributed by atoms with Crippen molar-refractivity contribution in [2.45, 2.75) is 6.92 Å². The molecule has 8 heteroatoms. The average Bonchev–Trinajstić information content (AvgIpc) is 2.83. The van der Waals surface area contributed by atoms with Crippen LogP contribution >= 0.6 is 0 Å². The molecule has 0 aromatic heterocycles. The van der Waals surface area contributed by atoms with E-state index in [1.54, 1.807) is 36.4 Å². The zero-order valence-corrected chi connectivity index (χ0v) is 18.2. The number of allylic oxidation sites excluding steroid dienone is 1. The molecule has 0 aliphatic carbocycles.